The van der Waals surface area contributed by atoms with Crippen molar-refractivity contribution in [1.82, 2.24) is 19.4 Å². The van der Waals surface area contributed by atoms with Gasteiger partial charge in [0.1, 0.15) is 24.3 Å². The van der Waals surface area contributed by atoms with Gasteiger partial charge in [-0.05, 0) is 36.8 Å². The Kier molecular flexibility index (Phi) is 5.64. The van der Waals surface area contributed by atoms with Crippen LogP contribution in [0.15, 0.2) is 58.2 Å². The molecule has 2 aliphatic rings. The lowest BCUT2D eigenvalue weighted by molar-refractivity contribution is 0.0940. The number of hydrogen-bond donors (Lipinski definition) is 0. The Balaban J connectivity index is 1.39. The van der Waals surface area contributed by atoms with E-state index in [1.54, 1.807) is 33.9 Å². The summed E-state index contributed by atoms with van der Waals surface area (Å²) in [6.07, 6.45) is 3.85. The maximum Gasteiger partial charge on any atom is 0.410 e. The average molecular weight is 507 g/mol. The van der Waals surface area contributed by atoms with E-state index in [0.717, 1.165) is 5.56 Å². The standard InChI is InChI=1S/C26H23ClN4O5/c1-15-29-22-9-21(24-11-28-14-35-24)23(36-19-6-7-30-18(8-19)13-34-26(30)33)10-20(22)25(32)31(15)12-16-2-4-17(27)5-3-16/h2-5,9-11,14,18-19H,6-8,12-13H2,1H3/t18-,19-/m0/s1. The number of carbonyl (C=O) groups excluding carboxylic acids is 1. The van der Waals surface area contributed by atoms with Crippen molar-refractivity contribution < 1.29 is 18.7 Å². The van der Waals surface area contributed by atoms with E-state index in [1.807, 2.05) is 25.1 Å². The van der Waals surface area contributed by atoms with Crippen LogP contribution in [-0.2, 0) is 11.3 Å². The number of fused-ring (bicyclic) bond motifs is 2. The summed E-state index contributed by atoms with van der Waals surface area (Å²) >= 11 is 6.01. The van der Waals surface area contributed by atoms with E-state index in [4.69, 9.17) is 30.5 Å². The largest absolute Gasteiger partial charge is 0.489 e. The molecule has 1 amide bonds. The summed E-state index contributed by atoms with van der Waals surface area (Å²) in [6, 6.07) is 10.9. The van der Waals surface area contributed by atoms with Gasteiger partial charge in [-0.1, -0.05) is 23.7 Å². The summed E-state index contributed by atoms with van der Waals surface area (Å²) in [6.45, 7) is 3.12. The van der Waals surface area contributed by atoms with Crippen molar-refractivity contribution in [3.8, 4) is 17.1 Å². The number of hydrogen-bond acceptors (Lipinski definition) is 7. The third-order valence-corrected chi connectivity index (χ3v) is 7.05. The van der Waals surface area contributed by atoms with E-state index < -0.39 is 0 Å². The molecule has 0 saturated carbocycles. The molecule has 0 spiro atoms. The minimum atomic E-state index is -0.269. The second-order valence-electron chi connectivity index (χ2n) is 9.10. The highest BCUT2D eigenvalue weighted by molar-refractivity contribution is 6.30. The number of rotatable bonds is 5. The second kappa shape index (κ2) is 8.98. The van der Waals surface area contributed by atoms with Gasteiger partial charge >= 0.3 is 6.09 Å². The minimum absolute atomic E-state index is 0.00800. The van der Waals surface area contributed by atoms with Gasteiger partial charge in [-0.3, -0.25) is 9.36 Å². The topological polar surface area (TPSA) is 99.7 Å². The first kappa shape index (κ1) is 22.6. The zero-order valence-corrected chi connectivity index (χ0v) is 20.3. The zero-order chi connectivity index (χ0) is 24.8. The lowest BCUT2D eigenvalue weighted by Gasteiger charge is -2.32. The Hall–Kier alpha value is -3.85. The third kappa shape index (κ3) is 4.09. The number of aryl methyl sites for hydroxylation is 1. The Morgan fingerprint density at radius 2 is 2.03 bits per heavy atom. The van der Waals surface area contributed by atoms with Crippen LogP contribution in [0.3, 0.4) is 0 Å². The molecule has 2 aromatic heterocycles. The molecular weight excluding hydrogens is 484 g/mol. The molecule has 0 bridgehead atoms. The van der Waals surface area contributed by atoms with E-state index in [2.05, 4.69) is 4.98 Å². The lowest BCUT2D eigenvalue weighted by atomic mass is 10.0. The predicted molar refractivity (Wildman–Crippen MR) is 132 cm³/mol. The molecule has 2 aliphatic heterocycles. The fourth-order valence-electron chi connectivity index (χ4n) is 4.91. The van der Waals surface area contributed by atoms with Crippen molar-refractivity contribution in [1.29, 1.82) is 0 Å². The second-order valence-corrected chi connectivity index (χ2v) is 9.53. The van der Waals surface area contributed by atoms with Crippen LogP contribution in [-0.4, -0.2) is 50.8 Å². The predicted octanol–water partition coefficient (Wildman–Crippen LogP) is 4.42. The molecule has 0 radical (unpaired) electrons. The van der Waals surface area contributed by atoms with Gasteiger partial charge < -0.3 is 18.8 Å². The normalized spacial score (nSPS) is 19.4. The molecule has 9 nitrogen and oxygen atoms in total. The molecule has 0 unspecified atom stereocenters. The highest BCUT2D eigenvalue weighted by Gasteiger charge is 2.39. The van der Waals surface area contributed by atoms with Gasteiger partial charge in [0.2, 0.25) is 0 Å². The van der Waals surface area contributed by atoms with Crippen LogP contribution in [0.2, 0.25) is 5.02 Å². The Bertz CT molecular complexity index is 1500. The first-order valence-electron chi connectivity index (χ1n) is 11.7. The van der Waals surface area contributed by atoms with E-state index >= 15 is 0 Å². The van der Waals surface area contributed by atoms with Gasteiger partial charge in [0, 0.05) is 24.4 Å². The number of ether oxygens (including phenoxy) is 2. The highest BCUT2D eigenvalue weighted by atomic mass is 35.5. The molecule has 6 rings (SSSR count). The number of nitrogens with zero attached hydrogens (tertiary/aromatic N) is 4. The quantitative estimate of drug-likeness (QED) is 0.395. The van der Waals surface area contributed by atoms with Crippen LogP contribution >= 0.6 is 11.6 Å². The van der Waals surface area contributed by atoms with Crippen LogP contribution in [0.1, 0.15) is 24.2 Å². The fraction of sp³-hybridized carbons (Fsp3) is 0.308. The fourth-order valence-corrected chi connectivity index (χ4v) is 5.03. The molecule has 2 saturated heterocycles. The van der Waals surface area contributed by atoms with E-state index in [-0.39, 0.29) is 23.8 Å². The highest BCUT2D eigenvalue weighted by Crippen LogP contribution is 2.36. The number of carbonyl (C=O) groups is 1. The van der Waals surface area contributed by atoms with Crippen molar-refractivity contribution in [2.45, 2.75) is 38.5 Å². The number of cyclic esters (lactones) is 1. The SMILES string of the molecule is Cc1nc2cc(-c3cnco3)c(O[C@H]3CCN4C(=O)OC[C@@H]4C3)cc2c(=O)n1Cc1ccc(Cl)cc1. The smallest absolute Gasteiger partial charge is 0.410 e. The number of amides is 1. The molecule has 2 atom stereocenters. The van der Waals surface area contributed by atoms with Crippen molar-refractivity contribution in [2.75, 3.05) is 13.2 Å². The Morgan fingerprint density at radius 1 is 1.19 bits per heavy atom. The van der Waals surface area contributed by atoms with Crippen LogP contribution in [0.5, 0.6) is 5.75 Å². The summed E-state index contributed by atoms with van der Waals surface area (Å²) < 4.78 is 18.8. The van der Waals surface area contributed by atoms with E-state index in [1.165, 1.54) is 6.39 Å². The van der Waals surface area contributed by atoms with Gasteiger partial charge in [-0.2, -0.15) is 0 Å². The molecule has 0 aliphatic carbocycles. The first-order valence-corrected chi connectivity index (χ1v) is 12.1. The Labute approximate surface area is 211 Å². The summed E-state index contributed by atoms with van der Waals surface area (Å²) in [4.78, 5) is 36.0. The summed E-state index contributed by atoms with van der Waals surface area (Å²) in [7, 11) is 0. The number of oxazole rings is 1. The summed E-state index contributed by atoms with van der Waals surface area (Å²) in [5.41, 5.74) is 2.00. The average Bonchev–Trinajstić information content (AvgIpc) is 3.53. The maximum absolute atomic E-state index is 13.6. The number of piperidine rings is 1. The van der Waals surface area contributed by atoms with E-state index in [9.17, 15) is 9.59 Å². The van der Waals surface area contributed by atoms with E-state index in [0.29, 0.717) is 71.4 Å². The summed E-state index contributed by atoms with van der Waals surface area (Å²) in [5, 5.41) is 1.09. The third-order valence-electron chi connectivity index (χ3n) is 6.79. The number of halogens is 1. The van der Waals surface area contributed by atoms with Crippen LogP contribution in [0.25, 0.3) is 22.2 Å². The molecule has 2 fully saturated rings. The van der Waals surface area contributed by atoms with Crippen molar-refractivity contribution in [2.24, 2.45) is 0 Å². The maximum atomic E-state index is 13.6. The summed E-state index contributed by atoms with van der Waals surface area (Å²) in [5.74, 6) is 1.63. The Morgan fingerprint density at radius 3 is 2.81 bits per heavy atom. The first-order chi connectivity index (χ1) is 17.5. The van der Waals surface area contributed by atoms with Gasteiger partial charge in [0.15, 0.2) is 12.2 Å². The van der Waals surface area contributed by atoms with Gasteiger partial charge in [0.05, 0.1) is 35.2 Å². The molecule has 2 aromatic carbocycles. The van der Waals surface area contributed by atoms with Crippen LogP contribution in [0.4, 0.5) is 4.79 Å². The number of aromatic nitrogens is 3. The molecule has 0 N–H and O–H groups in total. The molecule has 4 aromatic rings. The molecule has 184 valence electrons. The van der Waals surface area contributed by atoms with Crippen molar-refractivity contribution in [3.05, 3.63) is 75.8 Å². The minimum Gasteiger partial charge on any atom is -0.489 e. The van der Waals surface area contributed by atoms with Crippen LogP contribution < -0.4 is 10.3 Å². The molecular formula is C26H23ClN4O5. The van der Waals surface area contributed by atoms with Gasteiger partial charge in [0.25, 0.3) is 5.56 Å². The van der Waals surface area contributed by atoms with Crippen LogP contribution in [0, 0.1) is 6.92 Å². The molecule has 4 heterocycles. The number of benzene rings is 2. The monoisotopic (exact) mass is 506 g/mol. The van der Waals surface area contributed by atoms with Gasteiger partial charge in [-0.15, -0.1) is 0 Å². The van der Waals surface area contributed by atoms with Crippen molar-refractivity contribution >= 4 is 28.6 Å². The lowest BCUT2D eigenvalue weighted by Crippen LogP contribution is -2.44. The van der Waals surface area contributed by atoms with Crippen molar-refractivity contribution in [3.63, 3.8) is 0 Å². The molecule has 36 heavy (non-hydrogen) atoms. The zero-order valence-electron chi connectivity index (χ0n) is 19.5. The molecule has 10 heteroatoms. The van der Waals surface area contributed by atoms with Gasteiger partial charge in [-0.25, -0.2) is 14.8 Å².